The maximum atomic E-state index is 12.1. The van der Waals surface area contributed by atoms with Crippen LogP contribution in [0.4, 0.5) is 5.82 Å². The molecule has 0 unspecified atom stereocenters. The highest BCUT2D eigenvalue weighted by atomic mass is 16.1. The first-order valence-corrected chi connectivity index (χ1v) is 6.14. The van der Waals surface area contributed by atoms with Gasteiger partial charge in [0.1, 0.15) is 5.82 Å². The number of aryl methyl sites for hydroxylation is 2. The van der Waals surface area contributed by atoms with Crippen LogP contribution in [0.2, 0.25) is 0 Å². The van der Waals surface area contributed by atoms with E-state index < -0.39 is 0 Å². The predicted octanol–water partition coefficient (Wildman–Crippen LogP) is 1.93. The van der Waals surface area contributed by atoms with Gasteiger partial charge in [-0.15, -0.1) is 0 Å². The van der Waals surface area contributed by atoms with Crippen LogP contribution in [0.5, 0.6) is 0 Å². The van der Waals surface area contributed by atoms with Crippen LogP contribution in [-0.2, 0) is 12.6 Å². The lowest BCUT2D eigenvalue weighted by atomic mass is 10.1. The Labute approximate surface area is 112 Å². The van der Waals surface area contributed by atoms with Crippen molar-refractivity contribution < 1.29 is 4.79 Å². The van der Waals surface area contributed by atoms with Crippen molar-refractivity contribution in [1.82, 2.24) is 19.6 Å². The number of carbonyl (C=O) groups excluding carboxylic acids is 1. The molecular formula is C13H19N5O. The summed E-state index contributed by atoms with van der Waals surface area (Å²) in [6.07, 6.45) is 3.22. The normalized spacial score (nSPS) is 11.6. The second-order valence-electron chi connectivity index (χ2n) is 5.61. The molecule has 6 heteroatoms. The molecule has 1 amide bonds. The van der Waals surface area contributed by atoms with E-state index in [9.17, 15) is 4.79 Å². The molecule has 0 aromatic carbocycles. The Bertz CT molecular complexity index is 603. The molecule has 102 valence electrons. The van der Waals surface area contributed by atoms with Gasteiger partial charge in [-0.3, -0.25) is 9.48 Å². The van der Waals surface area contributed by atoms with Crippen molar-refractivity contribution in [2.24, 2.45) is 7.05 Å². The number of anilines is 1. The van der Waals surface area contributed by atoms with Crippen molar-refractivity contribution in [3.8, 4) is 0 Å². The van der Waals surface area contributed by atoms with Crippen LogP contribution in [0.3, 0.4) is 0 Å². The molecule has 0 atom stereocenters. The van der Waals surface area contributed by atoms with Crippen molar-refractivity contribution in [2.45, 2.75) is 33.2 Å². The first-order valence-electron chi connectivity index (χ1n) is 6.14. The molecule has 1 N–H and O–H groups in total. The molecule has 0 radical (unpaired) electrons. The Balaban J connectivity index is 2.27. The second-order valence-corrected chi connectivity index (χ2v) is 5.61. The van der Waals surface area contributed by atoms with Gasteiger partial charge in [-0.05, 0) is 27.7 Å². The molecule has 6 nitrogen and oxygen atoms in total. The highest BCUT2D eigenvalue weighted by Crippen LogP contribution is 2.21. The van der Waals surface area contributed by atoms with Gasteiger partial charge < -0.3 is 5.32 Å². The standard InChI is InChI=1S/C13H19N5O/c1-9-6-11(18(16-9)13(2,3)4)15-12(19)10-7-14-17(5)8-10/h6-8H,1-5H3,(H,15,19). The Morgan fingerprint density at radius 3 is 2.58 bits per heavy atom. The Hall–Kier alpha value is -2.11. The first-order chi connectivity index (χ1) is 8.77. The van der Waals surface area contributed by atoms with E-state index in [0.29, 0.717) is 11.4 Å². The molecule has 0 saturated carbocycles. The zero-order valence-corrected chi connectivity index (χ0v) is 11.9. The van der Waals surface area contributed by atoms with E-state index in [0.717, 1.165) is 5.69 Å². The van der Waals surface area contributed by atoms with Crippen LogP contribution in [-0.4, -0.2) is 25.5 Å². The van der Waals surface area contributed by atoms with E-state index >= 15 is 0 Å². The lowest BCUT2D eigenvalue weighted by molar-refractivity contribution is 0.102. The summed E-state index contributed by atoms with van der Waals surface area (Å²) in [6.45, 7) is 8.03. The lowest BCUT2D eigenvalue weighted by Gasteiger charge is -2.22. The van der Waals surface area contributed by atoms with Gasteiger partial charge in [0.25, 0.3) is 5.91 Å². The Morgan fingerprint density at radius 2 is 2.05 bits per heavy atom. The molecule has 2 aromatic rings. The van der Waals surface area contributed by atoms with E-state index in [2.05, 4.69) is 15.5 Å². The van der Waals surface area contributed by atoms with E-state index in [1.54, 1.807) is 24.1 Å². The second kappa shape index (κ2) is 4.53. The third kappa shape index (κ3) is 2.83. The molecule has 0 aliphatic heterocycles. The fraction of sp³-hybridized carbons (Fsp3) is 0.462. The van der Waals surface area contributed by atoms with Gasteiger partial charge in [-0.1, -0.05) is 0 Å². The number of carbonyl (C=O) groups is 1. The average Bonchev–Trinajstić information content (AvgIpc) is 2.84. The van der Waals surface area contributed by atoms with E-state index in [4.69, 9.17) is 0 Å². The minimum Gasteiger partial charge on any atom is -0.307 e. The van der Waals surface area contributed by atoms with E-state index in [1.807, 2.05) is 38.4 Å². The zero-order valence-electron chi connectivity index (χ0n) is 11.9. The van der Waals surface area contributed by atoms with Gasteiger partial charge in [0.15, 0.2) is 0 Å². The number of nitrogens with zero attached hydrogens (tertiary/aromatic N) is 4. The summed E-state index contributed by atoms with van der Waals surface area (Å²) in [7, 11) is 1.78. The monoisotopic (exact) mass is 261 g/mol. The number of nitrogens with one attached hydrogen (secondary N) is 1. The van der Waals surface area contributed by atoms with Crippen LogP contribution < -0.4 is 5.32 Å². The largest absolute Gasteiger partial charge is 0.307 e. The Morgan fingerprint density at radius 1 is 1.37 bits per heavy atom. The number of hydrogen-bond acceptors (Lipinski definition) is 3. The molecule has 0 spiro atoms. The predicted molar refractivity (Wildman–Crippen MR) is 73.1 cm³/mol. The van der Waals surface area contributed by atoms with Gasteiger partial charge in [-0.25, -0.2) is 4.68 Å². The summed E-state index contributed by atoms with van der Waals surface area (Å²) < 4.78 is 3.41. The van der Waals surface area contributed by atoms with Crippen LogP contribution in [0.1, 0.15) is 36.8 Å². The van der Waals surface area contributed by atoms with Crippen molar-refractivity contribution >= 4 is 11.7 Å². The van der Waals surface area contributed by atoms with Crippen LogP contribution in [0.25, 0.3) is 0 Å². The quantitative estimate of drug-likeness (QED) is 0.898. The zero-order chi connectivity index (χ0) is 14.2. The molecule has 2 rings (SSSR count). The van der Waals surface area contributed by atoms with E-state index in [-0.39, 0.29) is 11.4 Å². The summed E-state index contributed by atoms with van der Waals surface area (Å²) >= 11 is 0. The number of aromatic nitrogens is 4. The minimum absolute atomic E-state index is 0.182. The molecule has 2 aromatic heterocycles. The SMILES string of the molecule is Cc1cc(NC(=O)c2cnn(C)c2)n(C(C)(C)C)n1. The number of hydrogen-bond donors (Lipinski definition) is 1. The van der Waals surface area contributed by atoms with Crippen molar-refractivity contribution in [1.29, 1.82) is 0 Å². The first kappa shape index (κ1) is 13.3. The molecule has 0 bridgehead atoms. The molecule has 0 aliphatic rings. The average molecular weight is 261 g/mol. The van der Waals surface area contributed by atoms with Gasteiger partial charge in [0, 0.05) is 19.3 Å². The van der Waals surface area contributed by atoms with Crippen molar-refractivity contribution in [2.75, 3.05) is 5.32 Å². The molecule has 0 fully saturated rings. The van der Waals surface area contributed by atoms with Gasteiger partial charge in [0.05, 0.1) is 23.0 Å². The third-order valence-electron chi connectivity index (χ3n) is 2.68. The number of amides is 1. The summed E-state index contributed by atoms with van der Waals surface area (Å²) in [6, 6.07) is 1.86. The van der Waals surface area contributed by atoms with Gasteiger partial charge in [0.2, 0.25) is 0 Å². The minimum atomic E-state index is -0.189. The molecule has 19 heavy (non-hydrogen) atoms. The highest BCUT2D eigenvalue weighted by Gasteiger charge is 2.20. The highest BCUT2D eigenvalue weighted by molar-refractivity contribution is 6.03. The lowest BCUT2D eigenvalue weighted by Crippen LogP contribution is -2.26. The maximum absolute atomic E-state index is 12.1. The van der Waals surface area contributed by atoms with E-state index in [1.165, 1.54) is 0 Å². The molecular weight excluding hydrogens is 242 g/mol. The fourth-order valence-electron chi connectivity index (χ4n) is 1.83. The molecule has 0 saturated heterocycles. The maximum Gasteiger partial charge on any atom is 0.259 e. The van der Waals surface area contributed by atoms with Crippen LogP contribution >= 0.6 is 0 Å². The van der Waals surface area contributed by atoms with Crippen molar-refractivity contribution in [3.05, 3.63) is 29.7 Å². The fourth-order valence-corrected chi connectivity index (χ4v) is 1.83. The van der Waals surface area contributed by atoms with Gasteiger partial charge in [-0.2, -0.15) is 10.2 Å². The summed E-state index contributed by atoms with van der Waals surface area (Å²) in [4.78, 5) is 12.1. The number of rotatable bonds is 2. The van der Waals surface area contributed by atoms with Crippen molar-refractivity contribution in [3.63, 3.8) is 0 Å². The molecule has 0 aliphatic carbocycles. The van der Waals surface area contributed by atoms with Gasteiger partial charge >= 0.3 is 0 Å². The van der Waals surface area contributed by atoms with Crippen LogP contribution in [0.15, 0.2) is 18.5 Å². The topological polar surface area (TPSA) is 64.7 Å². The molecule has 2 heterocycles. The van der Waals surface area contributed by atoms with Crippen LogP contribution in [0, 0.1) is 6.92 Å². The Kier molecular flexibility index (Phi) is 3.18. The summed E-state index contributed by atoms with van der Waals surface area (Å²) in [5, 5.41) is 11.3. The summed E-state index contributed by atoms with van der Waals surface area (Å²) in [5.41, 5.74) is 1.21. The third-order valence-corrected chi connectivity index (χ3v) is 2.68. The smallest absolute Gasteiger partial charge is 0.259 e. The summed E-state index contributed by atoms with van der Waals surface area (Å²) in [5.74, 6) is 0.511.